The highest BCUT2D eigenvalue weighted by Gasteiger charge is 2.22. The highest BCUT2D eigenvalue weighted by atomic mass is 32.2. The minimum Gasteiger partial charge on any atom is -0.481 e. The van der Waals surface area contributed by atoms with Gasteiger partial charge in [0.05, 0.1) is 5.75 Å². The van der Waals surface area contributed by atoms with Gasteiger partial charge in [-0.3, -0.25) is 4.79 Å². The number of nitrogens with one attached hydrogen (secondary N) is 1. The molecule has 1 saturated carbocycles. The second-order valence-electron chi connectivity index (χ2n) is 5.59. The summed E-state index contributed by atoms with van der Waals surface area (Å²) in [6.07, 6.45) is 6.66. The molecule has 0 radical (unpaired) electrons. The average Bonchev–Trinajstić information content (AvgIpc) is 2.28. The molecule has 0 aliphatic heterocycles. The van der Waals surface area contributed by atoms with Crippen LogP contribution in [0.2, 0.25) is 0 Å². The maximum absolute atomic E-state index is 12.0. The van der Waals surface area contributed by atoms with E-state index in [0.29, 0.717) is 12.8 Å². The van der Waals surface area contributed by atoms with Crippen LogP contribution in [0.5, 0.6) is 0 Å². The molecule has 19 heavy (non-hydrogen) atoms. The Bertz CT molecular complexity index is 374. The molecule has 0 saturated heterocycles. The standard InChI is InChI=1S/C13H25NO4S/c1-11(6-5-9-13(15)16)14-19(17,18)10-12-7-3-2-4-8-12/h11-12,14H,2-10H2,1H3,(H,15,16). The van der Waals surface area contributed by atoms with Crippen LogP contribution in [0.15, 0.2) is 0 Å². The lowest BCUT2D eigenvalue weighted by molar-refractivity contribution is -0.137. The van der Waals surface area contributed by atoms with E-state index in [0.717, 1.165) is 25.7 Å². The van der Waals surface area contributed by atoms with E-state index in [1.165, 1.54) is 6.42 Å². The largest absolute Gasteiger partial charge is 0.481 e. The molecule has 112 valence electrons. The molecule has 5 nitrogen and oxygen atoms in total. The summed E-state index contributed by atoms with van der Waals surface area (Å²) in [6, 6.07) is -0.187. The van der Waals surface area contributed by atoms with E-state index < -0.39 is 16.0 Å². The maximum Gasteiger partial charge on any atom is 0.303 e. The summed E-state index contributed by atoms with van der Waals surface area (Å²) in [6.45, 7) is 1.79. The van der Waals surface area contributed by atoms with Gasteiger partial charge in [0.2, 0.25) is 10.0 Å². The monoisotopic (exact) mass is 291 g/mol. The third-order valence-corrected chi connectivity index (χ3v) is 5.26. The van der Waals surface area contributed by atoms with Gasteiger partial charge in [-0.2, -0.15) is 0 Å². The van der Waals surface area contributed by atoms with Gasteiger partial charge in [0.25, 0.3) is 0 Å². The Kier molecular flexibility index (Phi) is 6.79. The molecule has 0 aromatic rings. The lowest BCUT2D eigenvalue weighted by Crippen LogP contribution is -2.36. The maximum atomic E-state index is 12.0. The van der Waals surface area contributed by atoms with Gasteiger partial charge >= 0.3 is 5.97 Å². The van der Waals surface area contributed by atoms with Crippen molar-refractivity contribution < 1.29 is 18.3 Å². The molecule has 6 heteroatoms. The number of sulfonamides is 1. The van der Waals surface area contributed by atoms with Crippen LogP contribution in [0, 0.1) is 5.92 Å². The van der Waals surface area contributed by atoms with E-state index in [1.54, 1.807) is 6.92 Å². The number of carbonyl (C=O) groups is 1. The fraction of sp³-hybridized carbons (Fsp3) is 0.923. The molecule has 0 aromatic heterocycles. The molecule has 0 spiro atoms. The first-order valence-corrected chi connectivity index (χ1v) is 8.76. The SMILES string of the molecule is CC(CCCC(=O)O)NS(=O)(=O)CC1CCCCC1. The molecule has 1 aliphatic rings. The molecule has 0 heterocycles. The normalized spacial score (nSPS) is 19.2. The van der Waals surface area contributed by atoms with Gasteiger partial charge in [-0.15, -0.1) is 0 Å². The molecular formula is C13H25NO4S. The first kappa shape index (κ1) is 16.4. The minimum atomic E-state index is -3.23. The second-order valence-corrected chi connectivity index (χ2v) is 7.39. The average molecular weight is 291 g/mol. The summed E-state index contributed by atoms with van der Waals surface area (Å²) < 4.78 is 26.6. The number of aliphatic carboxylic acids is 1. The molecular weight excluding hydrogens is 266 g/mol. The number of carboxylic acids is 1. The first-order chi connectivity index (χ1) is 8.89. The van der Waals surface area contributed by atoms with Gasteiger partial charge in [0, 0.05) is 12.5 Å². The van der Waals surface area contributed by atoms with E-state index in [1.807, 2.05) is 0 Å². The zero-order chi connectivity index (χ0) is 14.3. The van der Waals surface area contributed by atoms with Crippen molar-refractivity contribution in [3.05, 3.63) is 0 Å². The van der Waals surface area contributed by atoms with Gasteiger partial charge in [0.1, 0.15) is 0 Å². The number of hydrogen-bond acceptors (Lipinski definition) is 3. The van der Waals surface area contributed by atoms with Crippen molar-refractivity contribution in [1.82, 2.24) is 4.72 Å². The molecule has 0 bridgehead atoms. The predicted octanol–water partition coefficient (Wildman–Crippen LogP) is 2.13. The topological polar surface area (TPSA) is 83.5 Å². The van der Waals surface area contributed by atoms with Gasteiger partial charge < -0.3 is 5.11 Å². The van der Waals surface area contributed by atoms with Gasteiger partial charge in [-0.25, -0.2) is 13.1 Å². The highest BCUT2D eigenvalue weighted by Crippen LogP contribution is 2.24. The quantitative estimate of drug-likeness (QED) is 0.717. The van der Waals surface area contributed by atoms with Gasteiger partial charge in [-0.1, -0.05) is 19.3 Å². The molecule has 0 aromatic carbocycles. The van der Waals surface area contributed by atoms with Crippen molar-refractivity contribution in [1.29, 1.82) is 0 Å². The predicted molar refractivity (Wildman–Crippen MR) is 74.4 cm³/mol. The Balaban J connectivity index is 2.29. The highest BCUT2D eigenvalue weighted by molar-refractivity contribution is 7.89. The summed E-state index contributed by atoms with van der Waals surface area (Å²) in [4.78, 5) is 10.4. The third kappa shape index (κ3) is 7.52. The van der Waals surface area contributed by atoms with Crippen molar-refractivity contribution in [3.63, 3.8) is 0 Å². The van der Waals surface area contributed by atoms with E-state index >= 15 is 0 Å². The Labute approximate surface area is 115 Å². The van der Waals surface area contributed by atoms with Crippen LogP contribution in [-0.4, -0.2) is 31.3 Å². The summed E-state index contributed by atoms with van der Waals surface area (Å²) in [5.41, 5.74) is 0. The lowest BCUT2D eigenvalue weighted by Gasteiger charge is -2.22. The fourth-order valence-corrected chi connectivity index (χ4v) is 4.42. The summed E-state index contributed by atoms with van der Waals surface area (Å²) in [5, 5.41) is 8.54. The third-order valence-electron chi connectivity index (χ3n) is 3.59. The zero-order valence-corrected chi connectivity index (χ0v) is 12.4. The Morgan fingerprint density at radius 2 is 1.95 bits per heavy atom. The van der Waals surface area contributed by atoms with E-state index in [9.17, 15) is 13.2 Å². The summed E-state index contributed by atoms with van der Waals surface area (Å²) in [5.74, 6) is -0.328. The fourth-order valence-electron chi connectivity index (χ4n) is 2.64. The molecule has 1 aliphatic carbocycles. The first-order valence-electron chi connectivity index (χ1n) is 7.11. The Hall–Kier alpha value is -0.620. The molecule has 0 amide bonds. The van der Waals surface area contributed by atoms with E-state index in [-0.39, 0.29) is 24.1 Å². The van der Waals surface area contributed by atoms with Crippen LogP contribution in [0.25, 0.3) is 0 Å². The van der Waals surface area contributed by atoms with Gasteiger partial charge in [-0.05, 0) is 38.5 Å². The molecule has 1 unspecified atom stereocenters. The van der Waals surface area contributed by atoms with Crippen molar-refractivity contribution in [2.75, 3.05) is 5.75 Å². The van der Waals surface area contributed by atoms with Crippen LogP contribution < -0.4 is 4.72 Å². The summed E-state index contributed by atoms with van der Waals surface area (Å²) >= 11 is 0. The van der Waals surface area contributed by atoms with Crippen molar-refractivity contribution >= 4 is 16.0 Å². The summed E-state index contributed by atoms with van der Waals surface area (Å²) in [7, 11) is -3.23. The minimum absolute atomic E-state index is 0.0920. The molecule has 1 atom stereocenters. The van der Waals surface area contributed by atoms with Gasteiger partial charge in [0.15, 0.2) is 0 Å². The van der Waals surface area contributed by atoms with Crippen molar-refractivity contribution in [3.8, 4) is 0 Å². The van der Waals surface area contributed by atoms with Crippen LogP contribution in [0.1, 0.15) is 58.3 Å². The van der Waals surface area contributed by atoms with E-state index in [2.05, 4.69) is 4.72 Å². The number of carboxylic acid groups (broad SMARTS) is 1. The lowest BCUT2D eigenvalue weighted by atomic mass is 9.91. The second kappa shape index (κ2) is 7.85. The van der Waals surface area contributed by atoms with Crippen LogP contribution >= 0.6 is 0 Å². The van der Waals surface area contributed by atoms with Crippen molar-refractivity contribution in [2.24, 2.45) is 5.92 Å². The van der Waals surface area contributed by atoms with Crippen molar-refractivity contribution in [2.45, 2.75) is 64.3 Å². The smallest absolute Gasteiger partial charge is 0.303 e. The van der Waals surface area contributed by atoms with Crippen LogP contribution in [-0.2, 0) is 14.8 Å². The van der Waals surface area contributed by atoms with Crippen LogP contribution in [0.4, 0.5) is 0 Å². The Morgan fingerprint density at radius 3 is 2.53 bits per heavy atom. The van der Waals surface area contributed by atoms with Crippen LogP contribution in [0.3, 0.4) is 0 Å². The number of rotatable bonds is 8. The number of hydrogen-bond donors (Lipinski definition) is 2. The zero-order valence-electron chi connectivity index (χ0n) is 11.6. The molecule has 2 N–H and O–H groups in total. The molecule has 1 rings (SSSR count). The Morgan fingerprint density at radius 1 is 1.32 bits per heavy atom. The van der Waals surface area contributed by atoms with E-state index in [4.69, 9.17) is 5.11 Å². The molecule has 1 fully saturated rings.